The molecule has 0 saturated heterocycles. The molecule has 12 heavy (non-hydrogen) atoms. The highest BCUT2D eigenvalue weighted by Gasteiger charge is 2.34. The van der Waals surface area contributed by atoms with Gasteiger partial charge in [-0.2, -0.15) is 0 Å². The highest BCUT2D eigenvalue weighted by atomic mass is 16.7. The fraction of sp³-hybridized carbons (Fsp3) is 0.875. The lowest BCUT2D eigenvalue weighted by Gasteiger charge is -2.32. The predicted octanol–water partition coefficient (Wildman–Crippen LogP) is 1.53. The Kier molecular flexibility index (Phi) is 4.74. The minimum absolute atomic E-state index is 0.213. The standard InChI is InChI=1S/C8H16N2O2/c1-5-8(11-3,12-4)7(2)10-6-9/h7,9H,5H2,1-4H3. The van der Waals surface area contributed by atoms with Gasteiger partial charge in [-0.25, -0.2) is 10.4 Å². The first-order chi connectivity index (χ1) is 5.66. The Balaban J connectivity index is 4.56. The molecule has 4 nitrogen and oxygen atoms in total. The van der Waals surface area contributed by atoms with E-state index in [1.165, 1.54) is 0 Å². The van der Waals surface area contributed by atoms with Crippen molar-refractivity contribution < 1.29 is 9.47 Å². The van der Waals surface area contributed by atoms with Crippen molar-refractivity contribution in [3.8, 4) is 0 Å². The van der Waals surface area contributed by atoms with Crippen LogP contribution >= 0.6 is 0 Å². The number of hydrogen-bond acceptors (Lipinski definition) is 4. The van der Waals surface area contributed by atoms with Crippen molar-refractivity contribution in [1.82, 2.24) is 0 Å². The van der Waals surface area contributed by atoms with Crippen LogP contribution in [0.3, 0.4) is 0 Å². The first-order valence-electron chi connectivity index (χ1n) is 3.88. The molecule has 0 rings (SSSR count). The van der Waals surface area contributed by atoms with Crippen LogP contribution in [0.2, 0.25) is 0 Å². The Morgan fingerprint density at radius 3 is 2.25 bits per heavy atom. The third kappa shape index (κ3) is 2.14. The Morgan fingerprint density at radius 1 is 1.50 bits per heavy atom. The summed E-state index contributed by atoms with van der Waals surface area (Å²) in [6.07, 6.45) is 0.687. The lowest BCUT2D eigenvalue weighted by Crippen LogP contribution is -2.42. The summed E-state index contributed by atoms with van der Waals surface area (Å²) in [6.45, 7) is 3.78. The quantitative estimate of drug-likeness (QED) is 0.505. The minimum atomic E-state index is -0.714. The van der Waals surface area contributed by atoms with Crippen molar-refractivity contribution in [2.45, 2.75) is 32.1 Å². The highest BCUT2D eigenvalue weighted by molar-refractivity contribution is 5.36. The van der Waals surface area contributed by atoms with E-state index in [4.69, 9.17) is 14.9 Å². The van der Waals surface area contributed by atoms with Gasteiger partial charge in [-0.1, -0.05) is 6.92 Å². The van der Waals surface area contributed by atoms with Crippen molar-refractivity contribution in [1.29, 1.82) is 5.41 Å². The molecule has 0 aromatic rings. The van der Waals surface area contributed by atoms with E-state index in [0.717, 1.165) is 0 Å². The SMILES string of the molecule is CCC(OC)(OC)C(C)N=C=N. The summed E-state index contributed by atoms with van der Waals surface area (Å²) < 4.78 is 10.4. The van der Waals surface area contributed by atoms with Crippen LogP contribution in [-0.2, 0) is 9.47 Å². The molecule has 0 bridgehead atoms. The van der Waals surface area contributed by atoms with Crippen LogP contribution in [0, 0.1) is 5.41 Å². The molecule has 4 heteroatoms. The Bertz CT molecular complexity index is 164. The van der Waals surface area contributed by atoms with E-state index in [1.807, 2.05) is 19.9 Å². The molecule has 70 valence electrons. The van der Waals surface area contributed by atoms with E-state index in [-0.39, 0.29) is 6.04 Å². The number of aliphatic imine (C=N–C) groups is 1. The molecule has 1 unspecified atom stereocenters. The molecular formula is C8H16N2O2. The fourth-order valence-electron chi connectivity index (χ4n) is 1.20. The molecule has 0 aromatic carbocycles. The molecule has 0 fully saturated rings. The predicted molar refractivity (Wildman–Crippen MR) is 46.7 cm³/mol. The smallest absolute Gasteiger partial charge is 0.190 e. The maximum atomic E-state index is 6.71. The van der Waals surface area contributed by atoms with Gasteiger partial charge >= 0.3 is 0 Å². The lowest BCUT2D eigenvalue weighted by molar-refractivity contribution is -0.217. The summed E-state index contributed by atoms with van der Waals surface area (Å²) in [7, 11) is 3.14. The molecule has 1 N–H and O–H groups in total. The number of methoxy groups -OCH3 is 2. The normalized spacial score (nSPS) is 13.7. The first kappa shape index (κ1) is 11.3. The number of nitrogens with zero attached hydrogens (tertiary/aromatic N) is 1. The van der Waals surface area contributed by atoms with Crippen molar-refractivity contribution in [3.63, 3.8) is 0 Å². The first-order valence-corrected chi connectivity index (χ1v) is 3.88. The summed E-state index contributed by atoms with van der Waals surface area (Å²) in [5.74, 6) is -0.714. The van der Waals surface area contributed by atoms with Gasteiger partial charge in [0.15, 0.2) is 5.79 Å². The number of ether oxygens (including phenoxy) is 2. The van der Waals surface area contributed by atoms with Crippen LogP contribution in [0.25, 0.3) is 0 Å². The van der Waals surface area contributed by atoms with Crippen LogP contribution in [0.1, 0.15) is 20.3 Å². The zero-order valence-corrected chi connectivity index (χ0v) is 8.05. The summed E-state index contributed by atoms with van der Waals surface area (Å²) in [5.41, 5.74) is 0. The second-order valence-electron chi connectivity index (χ2n) is 2.49. The molecule has 0 saturated carbocycles. The maximum Gasteiger partial charge on any atom is 0.190 e. The average Bonchev–Trinajstić information content (AvgIpc) is 2.09. The third-order valence-electron chi connectivity index (χ3n) is 2.08. The Morgan fingerprint density at radius 2 is 2.00 bits per heavy atom. The second-order valence-corrected chi connectivity index (χ2v) is 2.49. The van der Waals surface area contributed by atoms with E-state index in [9.17, 15) is 0 Å². The maximum absolute atomic E-state index is 6.71. The molecule has 0 aromatic heterocycles. The van der Waals surface area contributed by atoms with E-state index in [2.05, 4.69) is 4.99 Å². The van der Waals surface area contributed by atoms with E-state index in [0.29, 0.717) is 6.42 Å². The molecule has 0 spiro atoms. The zero-order valence-electron chi connectivity index (χ0n) is 8.05. The topological polar surface area (TPSA) is 54.7 Å². The summed E-state index contributed by atoms with van der Waals surface area (Å²) in [5, 5.41) is 6.71. The van der Waals surface area contributed by atoms with Gasteiger partial charge in [0, 0.05) is 20.6 Å². The summed E-state index contributed by atoms with van der Waals surface area (Å²) in [6, 6.07) is 1.78. The van der Waals surface area contributed by atoms with Crippen molar-refractivity contribution >= 4 is 6.01 Å². The molecule has 0 amide bonds. The summed E-state index contributed by atoms with van der Waals surface area (Å²) >= 11 is 0. The molecule has 0 heterocycles. The lowest BCUT2D eigenvalue weighted by atomic mass is 10.1. The van der Waals surface area contributed by atoms with E-state index >= 15 is 0 Å². The van der Waals surface area contributed by atoms with Crippen LogP contribution in [0.4, 0.5) is 0 Å². The molecule has 0 aliphatic heterocycles. The van der Waals surface area contributed by atoms with E-state index in [1.54, 1.807) is 14.2 Å². The Labute approximate surface area is 73.1 Å². The highest BCUT2D eigenvalue weighted by Crippen LogP contribution is 2.22. The van der Waals surface area contributed by atoms with Crippen LogP contribution in [0.15, 0.2) is 4.99 Å². The van der Waals surface area contributed by atoms with Crippen molar-refractivity contribution in [3.05, 3.63) is 0 Å². The van der Waals surface area contributed by atoms with Gasteiger partial charge in [0.2, 0.25) is 0 Å². The fourth-order valence-corrected chi connectivity index (χ4v) is 1.20. The minimum Gasteiger partial charge on any atom is -0.351 e. The largest absolute Gasteiger partial charge is 0.351 e. The molecular weight excluding hydrogens is 156 g/mol. The van der Waals surface area contributed by atoms with Crippen LogP contribution in [0.5, 0.6) is 0 Å². The number of nitrogens with one attached hydrogen (secondary N) is 1. The van der Waals surface area contributed by atoms with Crippen LogP contribution in [-0.4, -0.2) is 32.1 Å². The second kappa shape index (κ2) is 5.04. The van der Waals surface area contributed by atoms with Gasteiger partial charge in [0.25, 0.3) is 0 Å². The molecule has 0 radical (unpaired) electrons. The van der Waals surface area contributed by atoms with Gasteiger partial charge in [-0.3, -0.25) is 0 Å². The third-order valence-corrected chi connectivity index (χ3v) is 2.08. The molecule has 0 aliphatic rings. The Hall–Kier alpha value is -0.700. The van der Waals surface area contributed by atoms with Crippen molar-refractivity contribution in [2.24, 2.45) is 4.99 Å². The summed E-state index contributed by atoms with van der Waals surface area (Å²) in [4.78, 5) is 3.78. The molecule has 1 atom stereocenters. The van der Waals surface area contributed by atoms with Crippen molar-refractivity contribution in [2.75, 3.05) is 14.2 Å². The van der Waals surface area contributed by atoms with Gasteiger partial charge in [0.1, 0.15) is 6.04 Å². The van der Waals surface area contributed by atoms with Crippen LogP contribution < -0.4 is 0 Å². The van der Waals surface area contributed by atoms with E-state index < -0.39 is 5.79 Å². The van der Waals surface area contributed by atoms with Gasteiger partial charge in [-0.15, -0.1) is 0 Å². The average molecular weight is 172 g/mol. The number of rotatable bonds is 5. The molecule has 0 aliphatic carbocycles. The zero-order chi connectivity index (χ0) is 9.61. The monoisotopic (exact) mass is 172 g/mol. The number of hydrogen-bond donors (Lipinski definition) is 1. The van der Waals surface area contributed by atoms with Gasteiger partial charge < -0.3 is 9.47 Å². The van der Waals surface area contributed by atoms with Gasteiger partial charge in [-0.05, 0) is 6.92 Å². The van der Waals surface area contributed by atoms with Gasteiger partial charge in [0.05, 0.1) is 6.01 Å².